The molecule has 2 aliphatic rings. The molecule has 5 atom stereocenters. The molecule has 2 N–H and O–H groups in total. The summed E-state index contributed by atoms with van der Waals surface area (Å²) >= 11 is 0. The predicted molar refractivity (Wildman–Crippen MR) is 85.4 cm³/mol. The Hall–Kier alpha value is -1.12. The summed E-state index contributed by atoms with van der Waals surface area (Å²) in [7, 11) is -2.14. The number of aliphatic hydroxyl groups is 1. The van der Waals surface area contributed by atoms with Crippen molar-refractivity contribution in [2.75, 3.05) is 6.61 Å². The van der Waals surface area contributed by atoms with Crippen LogP contribution in [0.3, 0.4) is 0 Å². The van der Waals surface area contributed by atoms with Crippen molar-refractivity contribution in [2.24, 2.45) is 5.92 Å². The minimum atomic E-state index is -2.14. The molecule has 0 aromatic rings. The zero-order chi connectivity index (χ0) is 17.6. The van der Waals surface area contributed by atoms with Gasteiger partial charge in [-0.05, 0) is 18.1 Å². The van der Waals surface area contributed by atoms with Gasteiger partial charge >= 0.3 is 12.1 Å². The smallest absolute Gasteiger partial charge is 0.407 e. The lowest BCUT2D eigenvalue weighted by atomic mass is 10.0. The Morgan fingerprint density at radius 2 is 2.00 bits per heavy atom. The standard InChI is InChI=1S/C15H27NO6Si/c1-8(17)20-7-9-10-13(21-14(19)16-10)11(18)12(9)22-23(5,6)15(2,3)4/h9-13,18H,7H2,1-6H3,(H,16,19)/t9-,10+,11+,12-,13+/m1/s1. The molecular weight excluding hydrogens is 318 g/mol. The third-order valence-corrected chi connectivity index (χ3v) is 9.63. The van der Waals surface area contributed by atoms with Gasteiger partial charge in [0.1, 0.15) is 6.10 Å². The molecule has 1 saturated heterocycles. The van der Waals surface area contributed by atoms with E-state index >= 15 is 0 Å². The van der Waals surface area contributed by atoms with E-state index in [1.54, 1.807) is 0 Å². The normalized spacial score (nSPS) is 33.9. The lowest BCUT2D eigenvalue weighted by Crippen LogP contribution is -2.50. The Labute approximate surface area is 137 Å². The lowest BCUT2D eigenvalue weighted by Gasteiger charge is -2.40. The molecule has 0 unspecified atom stereocenters. The molecule has 0 aromatic carbocycles. The van der Waals surface area contributed by atoms with Crippen LogP contribution in [-0.4, -0.2) is 56.4 Å². The van der Waals surface area contributed by atoms with Gasteiger partial charge in [-0.25, -0.2) is 4.79 Å². The largest absolute Gasteiger partial charge is 0.465 e. The summed E-state index contributed by atoms with van der Waals surface area (Å²) in [6.07, 6.45) is -2.70. The highest BCUT2D eigenvalue weighted by atomic mass is 28.4. The first-order valence-electron chi connectivity index (χ1n) is 7.90. The van der Waals surface area contributed by atoms with E-state index in [0.717, 1.165) is 0 Å². The van der Waals surface area contributed by atoms with Crippen LogP contribution in [0.15, 0.2) is 0 Å². The number of hydrogen-bond donors (Lipinski definition) is 2. The fourth-order valence-electron chi connectivity index (χ4n) is 2.81. The molecule has 132 valence electrons. The van der Waals surface area contributed by atoms with E-state index in [9.17, 15) is 14.7 Å². The maximum absolute atomic E-state index is 11.5. The number of carbonyl (C=O) groups excluding carboxylic acids is 2. The Morgan fingerprint density at radius 3 is 2.52 bits per heavy atom. The van der Waals surface area contributed by atoms with E-state index in [2.05, 4.69) is 39.2 Å². The van der Waals surface area contributed by atoms with Crippen molar-refractivity contribution in [2.45, 2.75) is 70.2 Å². The number of esters is 1. The van der Waals surface area contributed by atoms with Gasteiger partial charge < -0.3 is 24.3 Å². The minimum absolute atomic E-state index is 0.0273. The molecule has 0 radical (unpaired) electrons. The number of ether oxygens (including phenoxy) is 2. The highest BCUT2D eigenvalue weighted by molar-refractivity contribution is 6.74. The van der Waals surface area contributed by atoms with E-state index in [-0.39, 0.29) is 17.6 Å². The molecule has 1 saturated carbocycles. The first-order valence-corrected chi connectivity index (χ1v) is 10.8. The first kappa shape index (κ1) is 18.2. The maximum Gasteiger partial charge on any atom is 0.407 e. The Morgan fingerprint density at radius 1 is 1.39 bits per heavy atom. The van der Waals surface area contributed by atoms with Crippen LogP contribution in [0, 0.1) is 5.92 Å². The number of amides is 1. The average Bonchev–Trinajstić information content (AvgIpc) is 2.85. The fraction of sp³-hybridized carbons (Fsp3) is 0.867. The Bertz CT molecular complexity index is 489. The van der Waals surface area contributed by atoms with Gasteiger partial charge in [-0.1, -0.05) is 20.8 Å². The van der Waals surface area contributed by atoms with Crippen molar-refractivity contribution in [3.05, 3.63) is 0 Å². The number of fused-ring (bicyclic) bond motifs is 1. The van der Waals surface area contributed by atoms with Gasteiger partial charge in [0, 0.05) is 12.8 Å². The summed E-state index contributed by atoms with van der Waals surface area (Å²) in [5.41, 5.74) is 0. The van der Waals surface area contributed by atoms with E-state index in [1.807, 2.05) is 0 Å². The zero-order valence-corrected chi connectivity index (χ0v) is 15.6. The van der Waals surface area contributed by atoms with Crippen molar-refractivity contribution >= 4 is 20.4 Å². The monoisotopic (exact) mass is 345 g/mol. The van der Waals surface area contributed by atoms with Crippen LogP contribution in [0.5, 0.6) is 0 Å². The van der Waals surface area contributed by atoms with Crippen molar-refractivity contribution in [1.82, 2.24) is 5.32 Å². The summed E-state index contributed by atoms with van der Waals surface area (Å²) < 4.78 is 16.6. The van der Waals surface area contributed by atoms with Crippen molar-refractivity contribution < 1.29 is 28.6 Å². The minimum Gasteiger partial charge on any atom is -0.465 e. The molecule has 7 nitrogen and oxygen atoms in total. The topological polar surface area (TPSA) is 94.1 Å². The van der Waals surface area contributed by atoms with Gasteiger partial charge in [-0.15, -0.1) is 0 Å². The predicted octanol–water partition coefficient (Wildman–Crippen LogP) is 1.41. The second-order valence-corrected chi connectivity index (χ2v) is 12.6. The molecule has 2 rings (SSSR count). The zero-order valence-electron chi connectivity index (χ0n) is 14.6. The van der Waals surface area contributed by atoms with Gasteiger partial charge in [-0.2, -0.15) is 0 Å². The molecule has 1 amide bonds. The van der Waals surface area contributed by atoms with Crippen LogP contribution < -0.4 is 5.32 Å². The summed E-state index contributed by atoms with van der Waals surface area (Å²) in [6.45, 7) is 11.9. The Balaban J connectivity index is 2.21. The third kappa shape index (κ3) is 3.53. The van der Waals surface area contributed by atoms with Gasteiger partial charge in [0.15, 0.2) is 14.4 Å². The summed E-state index contributed by atoms with van der Waals surface area (Å²) in [5.74, 6) is -0.737. The fourth-order valence-corrected chi connectivity index (χ4v) is 4.16. The van der Waals surface area contributed by atoms with Crippen LogP contribution in [-0.2, 0) is 18.7 Å². The molecule has 0 bridgehead atoms. The highest BCUT2D eigenvalue weighted by Gasteiger charge is 2.58. The molecule has 1 aliphatic heterocycles. The maximum atomic E-state index is 11.5. The second kappa shape index (κ2) is 6.07. The number of hydrogen-bond acceptors (Lipinski definition) is 6. The molecule has 1 aliphatic carbocycles. The van der Waals surface area contributed by atoms with Crippen molar-refractivity contribution in [3.8, 4) is 0 Å². The highest BCUT2D eigenvalue weighted by Crippen LogP contribution is 2.42. The van der Waals surface area contributed by atoms with Crippen LogP contribution in [0.4, 0.5) is 4.79 Å². The van der Waals surface area contributed by atoms with Gasteiger partial charge in [-0.3, -0.25) is 4.79 Å². The molecule has 1 heterocycles. The molecule has 2 fully saturated rings. The van der Waals surface area contributed by atoms with Crippen molar-refractivity contribution in [1.29, 1.82) is 0 Å². The number of carbonyl (C=O) groups is 2. The van der Waals surface area contributed by atoms with Crippen LogP contribution >= 0.6 is 0 Å². The van der Waals surface area contributed by atoms with E-state index in [1.165, 1.54) is 6.92 Å². The van der Waals surface area contributed by atoms with Crippen LogP contribution in [0.1, 0.15) is 27.7 Å². The molecule has 8 heteroatoms. The summed E-state index contributed by atoms with van der Waals surface area (Å²) in [5, 5.41) is 13.3. The number of alkyl carbamates (subject to hydrolysis) is 1. The quantitative estimate of drug-likeness (QED) is 0.591. The van der Waals surface area contributed by atoms with Crippen molar-refractivity contribution in [3.63, 3.8) is 0 Å². The van der Waals surface area contributed by atoms with E-state index in [0.29, 0.717) is 0 Å². The SMILES string of the molecule is CC(=O)OC[C@@H]1[C@@H]2NC(=O)O[C@@H]2[C@@H](O)[C@@H]1O[Si](C)(C)C(C)(C)C. The van der Waals surface area contributed by atoms with Gasteiger partial charge in [0.05, 0.1) is 18.8 Å². The molecule has 0 spiro atoms. The molecule has 0 aromatic heterocycles. The van der Waals surface area contributed by atoms with Crippen LogP contribution in [0.2, 0.25) is 18.1 Å². The van der Waals surface area contributed by atoms with Gasteiger partial charge in [0.25, 0.3) is 0 Å². The second-order valence-electron chi connectivity index (χ2n) is 7.84. The number of aliphatic hydroxyl groups excluding tert-OH is 1. The summed E-state index contributed by atoms with van der Waals surface area (Å²) in [4.78, 5) is 22.6. The lowest BCUT2D eigenvalue weighted by molar-refractivity contribution is -0.143. The Kier molecular flexibility index (Phi) is 4.80. The molecular formula is C15H27NO6Si. The van der Waals surface area contributed by atoms with Gasteiger partial charge in [0.2, 0.25) is 0 Å². The first-order chi connectivity index (χ1) is 10.4. The average molecular weight is 345 g/mol. The van der Waals surface area contributed by atoms with E-state index < -0.39 is 44.7 Å². The van der Waals surface area contributed by atoms with Crippen LogP contribution in [0.25, 0.3) is 0 Å². The van der Waals surface area contributed by atoms with E-state index in [4.69, 9.17) is 13.9 Å². The third-order valence-electron chi connectivity index (χ3n) is 5.15. The number of nitrogens with one attached hydrogen (secondary N) is 1. The molecule has 23 heavy (non-hydrogen) atoms. The summed E-state index contributed by atoms with van der Waals surface area (Å²) in [6, 6.07) is -0.411. The number of rotatable bonds is 4.